The van der Waals surface area contributed by atoms with E-state index in [1.54, 1.807) is 6.08 Å². The van der Waals surface area contributed by atoms with Gasteiger partial charge in [0.05, 0.1) is 0 Å². The van der Waals surface area contributed by atoms with Crippen molar-refractivity contribution in [2.75, 3.05) is 32.7 Å². The van der Waals surface area contributed by atoms with Crippen LogP contribution in [0.4, 0.5) is 4.39 Å². The Morgan fingerprint density at radius 2 is 1.89 bits per heavy atom. The van der Waals surface area contributed by atoms with E-state index in [1.807, 2.05) is 25.2 Å². The fraction of sp³-hybridized carbons (Fsp3) is 0.516. The van der Waals surface area contributed by atoms with Crippen molar-refractivity contribution >= 4 is 18.4 Å². The van der Waals surface area contributed by atoms with E-state index >= 15 is 4.39 Å². The molecule has 1 aromatic heterocycles. The molecule has 1 N–H and O–H groups in total. The van der Waals surface area contributed by atoms with Gasteiger partial charge in [-0.2, -0.15) is 0 Å². The molecular weight excluding hydrogens is 449 g/mol. The first-order chi connectivity index (χ1) is 17.3. The molecule has 0 atom stereocenters. The Hall–Kier alpha value is -2.50. The van der Waals surface area contributed by atoms with Crippen LogP contribution in [0.1, 0.15) is 50.8 Å². The summed E-state index contributed by atoms with van der Waals surface area (Å²) in [5.74, 6) is 0.568. The Morgan fingerprint density at radius 3 is 2.47 bits per heavy atom. The van der Waals surface area contributed by atoms with E-state index in [9.17, 15) is 4.79 Å². The van der Waals surface area contributed by atoms with Gasteiger partial charge >= 0.3 is 0 Å². The zero-order valence-corrected chi connectivity index (χ0v) is 22.5. The van der Waals surface area contributed by atoms with Gasteiger partial charge in [0, 0.05) is 29.7 Å². The smallest absolute Gasteiger partial charge is 0.149 e. The largest absolute Gasteiger partial charge is 0.344 e. The maximum absolute atomic E-state index is 15.2. The fourth-order valence-electron chi connectivity index (χ4n) is 5.63. The number of alkyl halides is 1. The summed E-state index contributed by atoms with van der Waals surface area (Å²) in [5, 5.41) is 5.69. The van der Waals surface area contributed by atoms with Crippen LogP contribution in [0.3, 0.4) is 0 Å². The molecule has 3 rings (SSSR count). The van der Waals surface area contributed by atoms with Gasteiger partial charge in [-0.1, -0.05) is 49.1 Å². The molecule has 0 amide bonds. The third kappa shape index (κ3) is 7.04. The maximum Gasteiger partial charge on any atom is 0.149 e. The zero-order valence-electron chi connectivity index (χ0n) is 22.5. The predicted molar refractivity (Wildman–Crippen MR) is 150 cm³/mol. The van der Waals surface area contributed by atoms with Gasteiger partial charge in [-0.15, -0.1) is 0 Å². The molecule has 1 aromatic rings. The Balaban J connectivity index is 1.74. The summed E-state index contributed by atoms with van der Waals surface area (Å²) in [7, 11) is 0. The number of carbonyl (C=O) groups is 1. The summed E-state index contributed by atoms with van der Waals surface area (Å²) in [6, 6.07) is 0. The summed E-state index contributed by atoms with van der Waals surface area (Å²) in [4.78, 5) is 13.5. The topological polar surface area (TPSA) is 37.3 Å². The second-order valence-electron chi connectivity index (χ2n) is 10.4. The average Bonchev–Trinajstić information content (AvgIpc) is 3.11. The van der Waals surface area contributed by atoms with E-state index in [0.29, 0.717) is 30.9 Å². The highest BCUT2D eigenvalue weighted by Gasteiger charge is 2.34. The number of halogens is 1. The fourth-order valence-corrected chi connectivity index (χ4v) is 5.63. The molecule has 0 spiro atoms. The lowest BCUT2D eigenvalue weighted by Gasteiger charge is -2.38. The van der Waals surface area contributed by atoms with Crippen LogP contribution in [0.25, 0.3) is 12.2 Å². The van der Waals surface area contributed by atoms with Crippen molar-refractivity contribution < 1.29 is 9.18 Å². The summed E-state index contributed by atoms with van der Waals surface area (Å²) in [6.45, 7) is 19.4. The van der Waals surface area contributed by atoms with Gasteiger partial charge in [0.25, 0.3) is 0 Å². The molecule has 5 heteroatoms. The Labute approximate surface area is 216 Å². The molecule has 0 aliphatic carbocycles. The SMILES string of the molecule is C=C/C=c1\c(=C/C)c(CC(=C)/C=C\C(C=O)=CC)c(C)n1CC1CCN(CC2(F)CCNCC2)CC1. The van der Waals surface area contributed by atoms with Gasteiger partial charge in [-0.3, -0.25) is 4.79 Å². The first kappa shape index (κ1) is 28.1. The van der Waals surface area contributed by atoms with Crippen molar-refractivity contribution in [1.29, 1.82) is 0 Å². The standard InChI is InChI=1S/C31H44FN3O/c1-6-9-30-28(8-3)29(20-24(4)10-11-26(7-2)22-36)25(5)35(30)21-27-12-18-34(19-13-27)23-31(32)14-16-33-17-15-31/h6-11,22,27,33H,1,4,12-21,23H2,2-3,5H3/b11-10-,26-7?,28-8-,30-9+. The molecule has 3 heterocycles. The average molecular weight is 494 g/mol. The van der Waals surface area contributed by atoms with Gasteiger partial charge in [0.1, 0.15) is 12.0 Å². The highest BCUT2D eigenvalue weighted by Crippen LogP contribution is 2.27. The number of nitrogens with one attached hydrogen (secondary N) is 1. The van der Waals surface area contributed by atoms with Crippen molar-refractivity contribution in [3.63, 3.8) is 0 Å². The number of allylic oxidation sites excluding steroid dienone is 6. The lowest BCUT2D eigenvalue weighted by atomic mass is 9.91. The molecular formula is C31H44FN3O. The number of nitrogens with zero attached hydrogens (tertiary/aromatic N) is 2. The van der Waals surface area contributed by atoms with Crippen molar-refractivity contribution in [2.45, 2.75) is 65.1 Å². The lowest BCUT2D eigenvalue weighted by Crippen LogP contribution is -2.49. The first-order valence-electron chi connectivity index (χ1n) is 13.4. The molecule has 196 valence electrons. The third-order valence-electron chi connectivity index (χ3n) is 7.84. The second-order valence-corrected chi connectivity index (χ2v) is 10.4. The van der Waals surface area contributed by atoms with E-state index in [4.69, 9.17) is 0 Å². The molecule has 0 radical (unpaired) electrons. The molecule has 36 heavy (non-hydrogen) atoms. The molecule has 0 bridgehead atoms. The molecule has 4 nitrogen and oxygen atoms in total. The van der Waals surface area contributed by atoms with Crippen LogP contribution < -0.4 is 15.9 Å². The van der Waals surface area contributed by atoms with Gasteiger partial charge in [-0.25, -0.2) is 4.39 Å². The van der Waals surface area contributed by atoms with E-state index < -0.39 is 5.67 Å². The van der Waals surface area contributed by atoms with E-state index in [2.05, 4.69) is 53.9 Å². The van der Waals surface area contributed by atoms with Crippen LogP contribution in [0.2, 0.25) is 0 Å². The number of piperidine rings is 2. The number of aldehydes is 1. The molecule has 2 aliphatic heterocycles. The van der Waals surface area contributed by atoms with Crippen LogP contribution in [0.15, 0.2) is 48.6 Å². The van der Waals surface area contributed by atoms with Gasteiger partial charge < -0.3 is 14.8 Å². The normalized spacial score (nSPS) is 20.8. The zero-order chi connectivity index (χ0) is 26.1. The molecule has 0 aromatic carbocycles. The summed E-state index contributed by atoms with van der Waals surface area (Å²) in [5.41, 5.74) is 3.12. The number of hydrogen-bond acceptors (Lipinski definition) is 3. The van der Waals surface area contributed by atoms with Crippen molar-refractivity contribution in [3.05, 3.63) is 70.4 Å². The minimum Gasteiger partial charge on any atom is -0.344 e. The maximum atomic E-state index is 15.2. The second kappa shape index (κ2) is 13.2. The summed E-state index contributed by atoms with van der Waals surface area (Å²) in [6.07, 6.45) is 16.7. The van der Waals surface area contributed by atoms with Gasteiger partial charge in [-0.05, 0) is 102 Å². The van der Waals surface area contributed by atoms with E-state index in [-0.39, 0.29) is 0 Å². The number of rotatable bonds is 10. The number of likely N-dealkylation sites (tertiary alicyclic amines) is 1. The van der Waals surface area contributed by atoms with Gasteiger partial charge in [0.15, 0.2) is 0 Å². The summed E-state index contributed by atoms with van der Waals surface area (Å²) < 4.78 is 17.6. The van der Waals surface area contributed by atoms with Crippen molar-refractivity contribution in [3.8, 4) is 0 Å². The molecule has 0 saturated carbocycles. The number of aromatic nitrogens is 1. The van der Waals surface area contributed by atoms with E-state index in [0.717, 1.165) is 63.8 Å². The van der Waals surface area contributed by atoms with Gasteiger partial charge in [0.2, 0.25) is 0 Å². The number of hydrogen-bond donors (Lipinski definition) is 1. The van der Waals surface area contributed by atoms with Crippen LogP contribution >= 0.6 is 0 Å². The third-order valence-corrected chi connectivity index (χ3v) is 7.84. The van der Waals surface area contributed by atoms with Crippen molar-refractivity contribution in [1.82, 2.24) is 14.8 Å². The van der Waals surface area contributed by atoms with Crippen molar-refractivity contribution in [2.24, 2.45) is 5.92 Å². The molecule has 2 saturated heterocycles. The van der Waals surface area contributed by atoms with Crippen LogP contribution in [-0.4, -0.2) is 54.1 Å². The summed E-state index contributed by atoms with van der Waals surface area (Å²) >= 11 is 0. The minimum absolute atomic E-state index is 0.568. The monoisotopic (exact) mass is 493 g/mol. The Kier molecular flexibility index (Phi) is 10.3. The molecule has 2 aliphatic rings. The van der Waals surface area contributed by atoms with Crippen LogP contribution in [0, 0.1) is 12.8 Å². The Morgan fingerprint density at radius 1 is 1.19 bits per heavy atom. The quantitative estimate of drug-likeness (QED) is 0.302. The molecule has 2 fully saturated rings. The highest BCUT2D eigenvalue weighted by atomic mass is 19.1. The van der Waals surface area contributed by atoms with E-state index in [1.165, 1.54) is 21.8 Å². The number of carbonyl (C=O) groups excluding carboxylic acids is 1. The first-order valence-corrected chi connectivity index (χ1v) is 13.4. The Bertz CT molecular complexity index is 1110. The lowest BCUT2D eigenvalue weighted by molar-refractivity contribution is -0.104. The highest BCUT2D eigenvalue weighted by molar-refractivity contribution is 5.77. The van der Waals surface area contributed by atoms with Crippen LogP contribution in [-0.2, 0) is 17.8 Å². The van der Waals surface area contributed by atoms with Crippen LogP contribution in [0.5, 0.6) is 0 Å². The minimum atomic E-state index is -1.03. The predicted octanol–water partition coefficient (Wildman–Crippen LogP) is 4.17. The molecule has 0 unspecified atom stereocenters.